The number of methoxy groups -OCH3 is 1. The molecule has 3 atom stereocenters. The van der Waals surface area contributed by atoms with E-state index in [-0.39, 0.29) is 24.8 Å². The summed E-state index contributed by atoms with van der Waals surface area (Å²) in [5, 5.41) is 6.90. The van der Waals surface area contributed by atoms with Crippen molar-refractivity contribution in [1.82, 2.24) is 5.32 Å². The lowest BCUT2D eigenvalue weighted by atomic mass is 9.64. The Balaban J connectivity index is 2.00. The van der Waals surface area contributed by atoms with Crippen molar-refractivity contribution < 1.29 is 14.3 Å². The quantitative estimate of drug-likeness (QED) is 0.804. The maximum absolute atomic E-state index is 13.4. The first-order chi connectivity index (χ1) is 13.0. The largest absolute Gasteiger partial charge is 0.378 e. The monoisotopic (exact) mass is 404 g/mol. The first-order valence-corrected chi connectivity index (χ1v) is 9.39. The van der Waals surface area contributed by atoms with Crippen LogP contribution in [0.1, 0.15) is 23.5 Å². The number of amides is 2. The van der Waals surface area contributed by atoms with Crippen molar-refractivity contribution in [3.63, 3.8) is 0 Å². The van der Waals surface area contributed by atoms with Crippen molar-refractivity contribution in [2.75, 3.05) is 19.0 Å². The average molecular weight is 405 g/mol. The number of halogens is 2. The van der Waals surface area contributed by atoms with Crippen LogP contribution in [0, 0.1) is 0 Å². The summed E-state index contributed by atoms with van der Waals surface area (Å²) in [5.41, 5.74) is 1.18. The number of benzene rings is 2. The lowest BCUT2D eigenvalue weighted by Gasteiger charge is -2.39. The molecule has 0 saturated carbocycles. The van der Waals surface area contributed by atoms with Gasteiger partial charge in [-0.05, 0) is 35.4 Å². The van der Waals surface area contributed by atoms with E-state index in [0.29, 0.717) is 15.7 Å². The second kappa shape index (κ2) is 6.82. The van der Waals surface area contributed by atoms with Crippen LogP contribution in [0.25, 0.3) is 0 Å². The second-order valence-electron chi connectivity index (χ2n) is 6.85. The maximum atomic E-state index is 13.4. The van der Waals surface area contributed by atoms with E-state index in [4.69, 9.17) is 27.9 Å². The lowest BCUT2D eigenvalue weighted by Crippen LogP contribution is -2.52. The number of carbonyl (C=O) groups is 2. The van der Waals surface area contributed by atoms with Gasteiger partial charge in [0.1, 0.15) is 5.41 Å². The molecule has 0 radical (unpaired) electrons. The zero-order valence-electron chi connectivity index (χ0n) is 14.6. The molecule has 4 rings (SSSR count). The molecule has 2 N–H and O–H groups in total. The van der Waals surface area contributed by atoms with Gasteiger partial charge in [-0.15, -0.1) is 0 Å². The van der Waals surface area contributed by atoms with Gasteiger partial charge in [0.15, 0.2) is 0 Å². The molecule has 1 fully saturated rings. The molecule has 2 aliphatic heterocycles. The van der Waals surface area contributed by atoms with E-state index in [1.54, 1.807) is 31.4 Å². The van der Waals surface area contributed by atoms with Crippen molar-refractivity contribution in [3.05, 3.63) is 63.6 Å². The second-order valence-corrected chi connectivity index (χ2v) is 7.73. The summed E-state index contributed by atoms with van der Waals surface area (Å²) >= 11 is 12.3. The van der Waals surface area contributed by atoms with E-state index in [2.05, 4.69) is 10.6 Å². The Morgan fingerprint density at radius 1 is 1.11 bits per heavy atom. The van der Waals surface area contributed by atoms with E-state index in [9.17, 15) is 9.59 Å². The van der Waals surface area contributed by atoms with Gasteiger partial charge in [-0.3, -0.25) is 9.59 Å². The van der Waals surface area contributed by atoms with E-state index in [0.717, 1.165) is 11.1 Å². The molecular formula is C20H18Cl2N2O3. The number of nitrogens with one attached hydrogen (secondary N) is 2. The minimum atomic E-state index is -1.07. The molecule has 2 heterocycles. The summed E-state index contributed by atoms with van der Waals surface area (Å²) in [6, 6.07) is 12.6. The smallest absolute Gasteiger partial charge is 0.238 e. The number of hydrogen-bond acceptors (Lipinski definition) is 3. The highest BCUT2D eigenvalue weighted by Crippen LogP contribution is 2.53. The van der Waals surface area contributed by atoms with E-state index >= 15 is 0 Å². The summed E-state index contributed by atoms with van der Waals surface area (Å²) in [4.78, 5) is 25.9. The minimum Gasteiger partial charge on any atom is -0.378 e. The van der Waals surface area contributed by atoms with Gasteiger partial charge >= 0.3 is 0 Å². The van der Waals surface area contributed by atoms with Gasteiger partial charge in [-0.2, -0.15) is 0 Å². The van der Waals surface area contributed by atoms with Crippen molar-refractivity contribution in [3.8, 4) is 0 Å². The third-order valence-electron chi connectivity index (χ3n) is 5.52. The van der Waals surface area contributed by atoms with Crippen LogP contribution in [0.4, 0.5) is 5.69 Å². The average Bonchev–Trinajstić information content (AvgIpc) is 2.81. The fourth-order valence-electron chi connectivity index (χ4n) is 4.38. The Bertz CT molecular complexity index is 933. The number of ether oxygens (including phenoxy) is 1. The van der Waals surface area contributed by atoms with Crippen LogP contribution in [-0.4, -0.2) is 31.6 Å². The molecule has 1 saturated heterocycles. The van der Waals surface area contributed by atoms with Gasteiger partial charge in [0.2, 0.25) is 11.8 Å². The Kier molecular flexibility index (Phi) is 4.62. The van der Waals surface area contributed by atoms with Gasteiger partial charge in [0.25, 0.3) is 0 Å². The van der Waals surface area contributed by atoms with Gasteiger partial charge < -0.3 is 15.4 Å². The molecular weight excluding hydrogens is 387 g/mol. The summed E-state index contributed by atoms with van der Waals surface area (Å²) in [5.74, 6) is -0.770. The van der Waals surface area contributed by atoms with Crippen molar-refractivity contribution in [2.24, 2.45) is 0 Å². The Morgan fingerprint density at radius 3 is 2.63 bits per heavy atom. The molecule has 27 heavy (non-hydrogen) atoms. The molecule has 5 nitrogen and oxygen atoms in total. The van der Waals surface area contributed by atoms with E-state index in [1.807, 2.05) is 18.2 Å². The third kappa shape index (κ3) is 2.81. The zero-order valence-corrected chi connectivity index (χ0v) is 16.1. The zero-order chi connectivity index (χ0) is 19.2. The molecule has 2 amide bonds. The fraction of sp³-hybridized carbons (Fsp3) is 0.300. The normalized spacial score (nSPS) is 27.1. The van der Waals surface area contributed by atoms with Crippen LogP contribution in [-0.2, 0) is 19.7 Å². The molecule has 3 unspecified atom stereocenters. The molecule has 0 aliphatic carbocycles. The molecule has 1 spiro atoms. The van der Waals surface area contributed by atoms with Crippen molar-refractivity contribution in [1.29, 1.82) is 0 Å². The molecule has 7 heteroatoms. The lowest BCUT2D eigenvalue weighted by molar-refractivity contribution is -0.127. The van der Waals surface area contributed by atoms with Gasteiger partial charge in [-0.25, -0.2) is 0 Å². The maximum Gasteiger partial charge on any atom is 0.238 e. The van der Waals surface area contributed by atoms with Crippen LogP contribution >= 0.6 is 23.2 Å². The Hall–Kier alpha value is -2.08. The fourth-order valence-corrected chi connectivity index (χ4v) is 4.75. The van der Waals surface area contributed by atoms with Gasteiger partial charge in [0.05, 0.1) is 6.10 Å². The predicted molar refractivity (Wildman–Crippen MR) is 104 cm³/mol. The Morgan fingerprint density at radius 2 is 1.89 bits per heavy atom. The first kappa shape index (κ1) is 18.3. The highest BCUT2D eigenvalue weighted by Gasteiger charge is 2.59. The van der Waals surface area contributed by atoms with E-state index < -0.39 is 17.4 Å². The SMILES string of the molecule is COC1CNC(=O)CC(c2cccc(Cl)c2)C12C(=O)Nc1cc(Cl)ccc12. The third-order valence-corrected chi connectivity index (χ3v) is 5.99. The van der Waals surface area contributed by atoms with Crippen LogP contribution in [0.15, 0.2) is 42.5 Å². The highest BCUT2D eigenvalue weighted by molar-refractivity contribution is 6.31. The molecule has 0 aromatic heterocycles. The van der Waals surface area contributed by atoms with Crippen LogP contribution < -0.4 is 10.6 Å². The van der Waals surface area contributed by atoms with Crippen molar-refractivity contribution in [2.45, 2.75) is 23.9 Å². The standard InChI is InChI=1S/C20H18Cl2N2O3/c1-27-17-10-23-18(25)9-15(11-3-2-4-12(21)7-11)20(17)14-6-5-13(22)8-16(14)24-19(20)26/h2-8,15,17H,9-10H2,1H3,(H,23,25)(H,24,26). The van der Waals surface area contributed by atoms with Crippen LogP contribution in [0.3, 0.4) is 0 Å². The minimum absolute atomic E-state index is 0.130. The number of fused-ring (bicyclic) bond motifs is 2. The predicted octanol–water partition coefficient (Wildman–Crippen LogP) is 3.50. The summed E-state index contributed by atoms with van der Waals surface area (Å²) in [7, 11) is 1.56. The Labute approximate surface area is 167 Å². The van der Waals surface area contributed by atoms with Gasteiger partial charge in [-0.1, -0.05) is 41.4 Å². The molecule has 140 valence electrons. The molecule has 2 aromatic carbocycles. The molecule has 2 aromatic rings. The van der Waals surface area contributed by atoms with Gasteiger partial charge in [0, 0.05) is 41.7 Å². The summed E-state index contributed by atoms with van der Waals surface area (Å²) in [6.45, 7) is 0.238. The van der Waals surface area contributed by atoms with Crippen LogP contribution in [0.5, 0.6) is 0 Å². The van der Waals surface area contributed by atoms with Crippen molar-refractivity contribution >= 4 is 40.7 Å². The summed E-state index contributed by atoms with van der Waals surface area (Å²) < 4.78 is 5.76. The first-order valence-electron chi connectivity index (χ1n) is 8.63. The number of hydrogen-bond donors (Lipinski definition) is 2. The molecule has 0 bridgehead atoms. The van der Waals surface area contributed by atoms with Crippen LogP contribution in [0.2, 0.25) is 10.0 Å². The number of anilines is 1. The molecule has 2 aliphatic rings. The highest BCUT2D eigenvalue weighted by atomic mass is 35.5. The van der Waals surface area contributed by atoms with E-state index in [1.165, 1.54) is 0 Å². The number of rotatable bonds is 2. The summed E-state index contributed by atoms with van der Waals surface area (Å²) in [6.07, 6.45) is -0.397. The topological polar surface area (TPSA) is 67.4 Å². The number of carbonyl (C=O) groups excluding carboxylic acids is 2.